The van der Waals surface area contributed by atoms with Gasteiger partial charge in [0.25, 0.3) is 0 Å². The van der Waals surface area contributed by atoms with Gasteiger partial charge in [-0.15, -0.1) is 0 Å². The fourth-order valence-electron chi connectivity index (χ4n) is 4.03. The molecule has 3 heterocycles. The first-order valence-electron chi connectivity index (χ1n) is 10.6. The fraction of sp³-hybridized carbons (Fsp3) is 0.167. The van der Waals surface area contributed by atoms with Crippen LogP contribution in [0.3, 0.4) is 0 Å². The third kappa shape index (κ3) is 4.25. The molecule has 0 aliphatic carbocycles. The average molecular weight is 476 g/mol. The van der Waals surface area contributed by atoms with Crippen molar-refractivity contribution >= 4 is 45.4 Å². The van der Waals surface area contributed by atoms with E-state index in [1.807, 2.05) is 47.0 Å². The second-order valence-corrected chi connectivity index (χ2v) is 8.33. The number of H-pyrrole nitrogens is 1. The number of nitrogen functional groups attached to an aromatic ring is 1. The lowest BCUT2D eigenvalue weighted by atomic mass is 10.1. The van der Waals surface area contributed by atoms with Gasteiger partial charge in [-0.25, -0.2) is 15.0 Å². The second-order valence-electron chi connectivity index (χ2n) is 7.89. The van der Waals surface area contributed by atoms with Crippen molar-refractivity contribution in [3.8, 4) is 5.75 Å². The first-order valence-corrected chi connectivity index (χ1v) is 11.0. The van der Waals surface area contributed by atoms with Crippen LogP contribution in [-0.2, 0) is 24.3 Å². The van der Waals surface area contributed by atoms with Crippen LogP contribution in [-0.4, -0.2) is 37.5 Å². The maximum Gasteiger partial charge on any atom is 0.224 e. The van der Waals surface area contributed by atoms with Crippen LogP contribution in [0.1, 0.15) is 16.8 Å². The Balaban J connectivity index is 1.35. The number of benzene rings is 2. The molecule has 0 fully saturated rings. The van der Waals surface area contributed by atoms with Crippen LogP contribution >= 0.6 is 11.6 Å². The zero-order valence-electron chi connectivity index (χ0n) is 18.4. The third-order valence-electron chi connectivity index (χ3n) is 5.62. The van der Waals surface area contributed by atoms with E-state index in [-0.39, 0.29) is 12.3 Å². The van der Waals surface area contributed by atoms with Crippen LogP contribution < -0.4 is 15.8 Å². The molecule has 4 N–H and O–H groups in total. The number of ether oxygens (including phenoxy) is 1. The number of hydrogen-bond acceptors (Lipinski definition) is 6. The number of amides is 1. The quantitative estimate of drug-likeness (QED) is 0.331. The zero-order valence-corrected chi connectivity index (χ0v) is 19.1. The highest BCUT2D eigenvalue weighted by atomic mass is 35.5. The number of imidazole rings is 1. The van der Waals surface area contributed by atoms with Gasteiger partial charge in [-0.05, 0) is 29.8 Å². The number of fused-ring (bicyclic) bond motifs is 2. The molecule has 0 saturated heterocycles. The van der Waals surface area contributed by atoms with E-state index in [2.05, 4.69) is 25.3 Å². The van der Waals surface area contributed by atoms with Gasteiger partial charge in [-0.2, -0.15) is 0 Å². The molecule has 2 aromatic carbocycles. The van der Waals surface area contributed by atoms with Crippen LogP contribution in [0.15, 0.2) is 55.1 Å². The Morgan fingerprint density at radius 3 is 2.88 bits per heavy atom. The summed E-state index contributed by atoms with van der Waals surface area (Å²) in [7, 11) is 1.60. The van der Waals surface area contributed by atoms with Crippen molar-refractivity contribution in [2.45, 2.75) is 19.5 Å². The van der Waals surface area contributed by atoms with Crippen molar-refractivity contribution in [1.82, 2.24) is 29.8 Å². The Hall–Kier alpha value is -4.11. The van der Waals surface area contributed by atoms with Crippen LogP contribution in [0.5, 0.6) is 5.75 Å². The SMILES string of the molecule is COc1ccccc1CC(=O)NCc1cc2cc(Cl)cc(Cn3cnc4c(N)ncnc43)c2[nH]1. The monoisotopic (exact) mass is 475 g/mol. The summed E-state index contributed by atoms with van der Waals surface area (Å²) in [4.78, 5) is 28.6. The molecule has 0 unspecified atom stereocenters. The summed E-state index contributed by atoms with van der Waals surface area (Å²) >= 11 is 6.40. The number of aromatic nitrogens is 5. The number of nitrogens with one attached hydrogen (secondary N) is 2. The van der Waals surface area contributed by atoms with E-state index in [1.54, 1.807) is 13.4 Å². The molecule has 34 heavy (non-hydrogen) atoms. The standard InChI is InChI=1S/C24H22ClN7O2/c1-34-19-5-3-2-4-14(19)9-20(33)27-10-18-8-15-6-17(25)7-16(21(15)31-18)11-32-13-30-22-23(26)28-12-29-24(22)32/h2-8,12-13,31H,9-11H2,1H3,(H,27,33)(H2,26,28,29). The summed E-state index contributed by atoms with van der Waals surface area (Å²) in [6.07, 6.45) is 3.34. The van der Waals surface area contributed by atoms with E-state index in [9.17, 15) is 4.79 Å². The van der Waals surface area contributed by atoms with Crippen molar-refractivity contribution in [3.05, 3.63) is 77.0 Å². The number of methoxy groups -OCH3 is 1. The molecule has 0 saturated carbocycles. The second kappa shape index (κ2) is 9.03. The Morgan fingerprint density at radius 2 is 2.03 bits per heavy atom. The van der Waals surface area contributed by atoms with E-state index < -0.39 is 0 Å². The number of nitrogens with two attached hydrogens (primary N) is 1. The van der Waals surface area contributed by atoms with Gasteiger partial charge in [0, 0.05) is 21.7 Å². The molecule has 10 heteroatoms. The highest BCUT2D eigenvalue weighted by Gasteiger charge is 2.13. The summed E-state index contributed by atoms with van der Waals surface area (Å²) in [5.74, 6) is 0.941. The Kier molecular flexibility index (Phi) is 5.77. The predicted molar refractivity (Wildman–Crippen MR) is 131 cm³/mol. The molecule has 0 aliphatic rings. The van der Waals surface area contributed by atoms with E-state index in [0.29, 0.717) is 40.8 Å². The Bertz CT molecular complexity index is 1510. The van der Waals surface area contributed by atoms with Crippen molar-refractivity contribution < 1.29 is 9.53 Å². The minimum atomic E-state index is -0.0939. The molecule has 3 aromatic heterocycles. The normalized spacial score (nSPS) is 11.2. The van der Waals surface area contributed by atoms with E-state index >= 15 is 0 Å². The summed E-state index contributed by atoms with van der Waals surface area (Å²) in [6.45, 7) is 0.849. The number of nitrogens with zero attached hydrogens (tertiary/aromatic N) is 4. The molecule has 1 amide bonds. The molecule has 0 spiro atoms. The van der Waals surface area contributed by atoms with Gasteiger partial charge in [0.1, 0.15) is 17.6 Å². The van der Waals surface area contributed by atoms with Gasteiger partial charge in [-0.3, -0.25) is 4.79 Å². The minimum Gasteiger partial charge on any atom is -0.496 e. The molecule has 172 valence electrons. The van der Waals surface area contributed by atoms with Crippen molar-refractivity contribution in [3.63, 3.8) is 0 Å². The first kappa shape index (κ1) is 21.7. The molecular formula is C24H22ClN7O2. The number of halogens is 1. The summed E-state index contributed by atoms with van der Waals surface area (Å²) in [6, 6.07) is 13.3. The van der Waals surface area contributed by atoms with E-state index in [0.717, 1.165) is 27.7 Å². The third-order valence-corrected chi connectivity index (χ3v) is 5.84. The van der Waals surface area contributed by atoms with Crippen molar-refractivity contribution in [2.75, 3.05) is 12.8 Å². The topological polar surface area (TPSA) is 124 Å². The number of anilines is 1. The van der Waals surface area contributed by atoms with E-state index in [1.165, 1.54) is 6.33 Å². The Labute approximate surface area is 199 Å². The number of aromatic amines is 1. The lowest BCUT2D eigenvalue weighted by molar-refractivity contribution is -0.120. The summed E-state index contributed by atoms with van der Waals surface area (Å²) < 4.78 is 7.23. The Morgan fingerprint density at radius 1 is 1.18 bits per heavy atom. The molecule has 0 aliphatic heterocycles. The number of carbonyl (C=O) groups is 1. The van der Waals surface area contributed by atoms with Crippen LogP contribution in [0.4, 0.5) is 5.82 Å². The minimum absolute atomic E-state index is 0.0939. The van der Waals surface area contributed by atoms with Crippen LogP contribution in [0.2, 0.25) is 5.02 Å². The molecule has 0 radical (unpaired) electrons. The van der Waals surface area contributed by atoms with Gasteiger partial charge in [-0.1, -0.05) is 29.8 Å². The predicted octanol–water partition coefficient (Wildman–Crippen LogP) is 3.46. The van der Waals surface area contributed by atoms with Gasteiger partial charge in [0.05, 0.1) is 38.5 Å². The average Bonchev–Trinajstić information content (AvgIpc) is 3.43. The maximum absolute atomic E-state index is 12.5. The molecule has 5 rings (SSSR count). The van der Waals surface area contributed by atoms with Crippen LogP contribution in [0, 0.1) is 0 Å². The number of hydrogen-bond donors (Lipinski definition) is 3. The molecular weight excluding hydrogens is 454 g/mol. The highest BCUT2D eigenvalue weighted by Crippen LogP contribution is 2.27. The number of carbonyl (C=O) groups excluding carboxylic acids is 1. The zero-order chi connectivity index (χ0) is 23.7. The van der Waals surface area contributed by atoms with Crippen molar-refractivity contribution in [1.29, 1.82) is 0 Å². The van der Waals surface area contributed by atoms with Crippen molar-refractivity contribution in [2.24, 2.45) is 0 Å². The lowest BCUT2D eigenvalue weighted by Crippen LogP contribution is -2.24. The van der Waals surface area contributed by atoms with Gasteiger partial charge >= 0.3 is 0 Å². The van der Waals surface area contributed by atoms with Gasteiger partial charge in [0.2, 0.25) is 5.91 Å². The lowest BCUT2D eigenvalue weighted by Gasteiger charge is -2.08. The maximum atomic E-state index is 12.5. The largest absolute Gasteiger partial charge is 0.496 e. The van der Waals surface area contributed by atoms with E-state index in [4.69, 9.17) is 22.1 Å². The summed E-state index contributed by atoms with van der Waals surface area (Å²) in [5.41, 5.74) is 10.7. The van der Waals surface area contributed by atoms with Gasteiger partial charge in [0.15, 0.2) is 11.5 Å². The first-order chi connectivity index (χ1) is 16.5. The molecule has 5 aromatic rings. The highest BCUT2D eigenvalue weighted by molar-refractivity contribution is 6.31. The number of para-hydroxylation sites is 1. The van der Waals surface area contributed by atoms with Crippen LogP contribution in [0.25, 0.3) is 22.1 Å². The smallest absolute Gasteiger partial charge is 0.224 e. The molecule has 9 nitrogen and oxygen atoms in total. The number of rotatable bonds is 7. The molecule has 0 bridgehead atoms. The fourth-order valence-corrected chi connectivity index (χ4v) is 4.28. The summed E-state index contributed by atoms with van der Waals surface area (Å²) in [5, 5.41) is 4.54. The van der Waals surface area contributed by atoms with Gasteiger partial charge < -0.3 is 25.3 Å². The molecule has 0 atom stereocenters.